The summed E-state index contributed by atoms with van der Waals surface area (Å²) in [6, 6.07) is 15.5. The Morgan fingerprint density at radius 3 is 2.34 bits per heavy atom. The number of aromatic nitrogens is 4. The summed E-state index contributed by atoms with van der Waals surface area (Å²) >= 11 is 1.50. The fourth-order valence-electron chi connectivity index (χ4n) is 4.06. The van der Waals surface area contributed by atoms with Gasteiger partial charge in [0.2, 0.25) is 0 Å². The van der Waals surface area contributed by atoms with Crippen LogP contribution < -0.4 is 11.3 Å². The first-order valence-corrected chi connectivity index (χ1v) is 10.8. The third-order valence-corrected chi connectivity index (χ3v) is 6.42. The molecule has 0 aliphatic heterocycles. The number of benzene rings is 2. The monoisotopic (exact) mass is 403 g/mol. The second kappa shape index (κ2) is 7.48. The molecule has 2 aromatic heterocycles. The molecular formula is C22H21N5OS. The van der Waals surface area contributed by atoms with E-state index < -0.39 is 0 Å². The highest BCUT2D eigenvalue weighted by Gasteiger charge is 2.23. The van der Waals surface area contributed by atoms with Crippen LogP contribution in [0.5, 0.6) is 0 Å². The van der Waals surface area contributed by atoms with Crippen molar-refractivity contribution in [3.8, 4) is 0 Å². The molecule has 0 atom stereocenters. The van der Waals surface area contributed by atoms with E-state index in [4.69, 9.17) is 10.7 Å². The summed E-state index contributed by atoms with van der Waals surface area (Å²) in [5.41, 5.74) is 7.73. The lowest BCUT2D eigenvalue weighted by atomic mass is 10.2. The normalized spacial score (nSPS) is 14.8. The minimum absolute atomic E-state index is 0.0453. The molecule has 0 saturated heterocycles. The molecule has 7 heteroatoms. The fourth-order valence-corrected chi connectivity index (χ4v) is 4.98. The largest absolute Gasteiger partial charge is 0.383 e. The maximum Gasteiger partial charge on any atom is 0.262 e. The summed E-state index contributed by atoms with van der Waals surface area (Å²) in [6.07, 6.45) is 4.34. The Hall–Kier alpha value is -2.93. The molecular weight excluding hydrogens is 382 g/mol. The number of rotatable bonds is 4. The van der Waals surface area contributed by atoms with Crippen LogP contribution in [0.25, 0.3) is 21.8 Å². The molecule has 29 heavy (non-hydrogen) atoms. The number of anilines is 1. The van der Waals surface area contributed by atoms with Crippen molar-refractivity contribution in [3.05, 3.63) is 64.7 Å². The Labute approximate surface area is 172 Å². The first-order chi connectivity index (χ1) is 14.2. The van der Waals surface area contributed by atoms with Gasteiger partial charge in [-0.1, -0.05) is 48.9 Å². The third-order valence-electron chi connectivity index (χ3n) is 5.47. The summed E-state index contributed by atoms with van der Waals surface area (Å²) in [4.78, 5) is 27.1. The van der Waals surface area contributed by atoms with E-state index in [0.717, 1.165) is 47.3 Å². The Morgan fingerprint density at radius 1 is 0.931 bits per heavy atom. The van der Waals surface area contributed by atoms with Crippen molar-refractivity contribution in [1.29, 1.82) is 0 Å². The predicted octanol–water partition coefficient (Wildman–Crippen LogP) is 4.33. The zero-order valence-corrected chi connectivity index (χ0v) is 16.7. The number of hydrogen-bond donors (Lipinski definition) is 1. The molecule has 0 unspecified atom stereocenters. The van der Waals surface area contributed by atoms with Gasteiger partial charge in [-0.05, 0) is 37.1 Å². The molecule has 1 fully saturated rings. The number of nitrogens with two attached hydrogens (primary N) is 1. The second-order valence-electron chi connectivity index (χ2n) is 7.36. The van der Waals surface area contributed by atoms with Crippen molar-refractivity contribution >= 4 is 39.4 Å². The SMILES string of the molecule is Nc1nc(CSc2nc3ccccc3c(=O)n2C2CCCC2)nc2ccccc12. The molecule has 0 radical (unpaired) electrons. The first kappa shape index (κ1) is 18.1. The van der Waals surface area contributed by atoms with Gasteiger partial charge in [-0.15, -0.1) is 0 Å². The molecule has 2 N–H and O–H groups in total. The van der Waals surface area contributed by atoms with Gasteiger partial charge in [-0.25, -0.2) is 15.0 Å². The van der Waals surface area contributed by atoms with Crippen molar-refractivity contribution in [2.24, 2.45) is 0 Å². The highest BCUT2D eigenvalue weighted by molar-refractivity contribution is 7.98. The number of thioether (sulfide) groups is 1. The molecule has 0 spiro atoms. The van der Waals surface area contributed by atoms with Gasteiger partial charge < -0.3 is 5.73 Å². The van der Waals surface area contributed by atoms with Crippen molar-refractivity contribution in [1.82, 2.24) is 19.5 Å². The van der Waals surface area contributed by atoms with Crippen LogP contribution in [0, 0.1) is 0 Å². The summed E-state index contributed by atoms with van der Waals surface area (Å²) in [6.45, 7) is 0. The summed E-state index contributed by atoms with van der Waals surface area (Å²) in [5, 5.41) is 2.26. The molecule has 1 aliphatic rings. The topological polar surface area (TPSA) is 86.7 Å². The van der Waals surface area contributed by atoms with Gasteiger partial charge in [0, 0.05) is 11.4 Å². The summed E-state index contributed by atoms with van der Waals surface area (Å²) in [5.74, 6) is 1.63. The van der Waals surface area contributed by atoms with Crippen LogP contribution in [0.3, 0.4) is 0 Å². The number of hydrogen-bond acceptors (Lipinski definition) is 6. The quantitative estimate of drug-likeness (QED) is 0.403. The van der Waals surface area contributed by atoms with E-state index in [1.54, 1.807) is 0 Å². The standard InChI is InChI=1S/C22H21N5OS/c23-20-15-9-3-5-11-17(15)24-19(26-20)13-29-22-25-18-12-6-4-10-16(18)21(28)27(22)14-7-1-2-8-14/h3-6,9-12,14H,1-2,7-8,13H2,(H2,23,24,26). The van der Waals surface area contributed by atoms with Crippen LogP contribution in [0.1, 0.15) is 37.5 Å². The van der Waals surface area contributed by atoms with Gasteiger partial charge in [-0.3, -0.25) is 9.36 Å². The van der Waals surface area contributed by atoms with Gasteiger partial charge in [-0.2, -0.15) is 0 Å². The van der Waals surface area contributed by atoms with E-state index in [9.17, 15) is 4.79 Å². The van der Waals surface area contributed by atoms with E-state index in [-0.39, 0.29) is 11.6 Å². The first-order valence-electron chi connectivity index (χ1n) is 9.86. The van der Waals surface area contributed by atoms with Crippen molar-refractivity contribution in [2.75, 3.05) is 5.73 Å². The number of fused-ring (bicyclic) bond motifs is 2. The number of nitrogens with zero attached hydrogens (tertiary/aromatic N) is 4. The lowest BCUT2D eigenvalue weighted by Gasteiger charge is -2.18. The highest BCUT2D eigenvalue weighted by atomic mass is 32.2. The van der Waals surface area contributed by atoms with Crippen LogP contribution in [0.2, 0.25) is 0 Å². The Kier molecular flexibility index (Phi) is 4.67. The Balaban J connectivity index is 1.54. The molecule has 2 heterocycles. The Bertz CT molecular complexity index is 1260. The van der Waals surface area contributed by atoms with Gasteiger partial charge in [0.15, 0.2) is 5.16 Å². The van der Waals surface area contributed by atoms with E-state index in [1.165, 1.54) is 11.8 Å². The molecule has 0 amide bonds. The van der Waals surface area contributed by atoms with Gasteiger partial charge in [0.25, 0.3) is 5.56 Å². The molecule has 5 rings (SSSR count). The maximum absolute atomic E-state index is 13.2. The molecule has 146 valence electrons. The van der Waals surface area contributed by atoms with Gasteiger partial charge >= 0.3 is 0 Å². The molecule has 6 nitrogen and oxygen atoms in total. The van der Waals surface area contributed by atoms with Gasteiger partial charge in [0.1, 0.15) is 11.6 Å². The average Bonchev–Trinajstić information content (AvgIpc) is 3.27. The predicted molar refractivity (Wildman–Crippen MR) is 117 cm³/mol. The molecule has 2 aromatic carbocycles. The lowest BCUT2D eigenvalue weighted by Crippen LogP contribution is -2.26. The van der Waals surface area contributed by atoms with Crippen LogP contribution in [-0.4, -0.2) is 19.5 Å². The van der Waals surface area contributed by atoms with Crippen molar-refractivity contribution in [2.45, 2.75) is 42.6 Å². The highest BCUT2D eigenvalue weighted by Crippen LogP contribution is 2.33. The van der Waals surface area contributed by atoms with Crippen molar-refractivity contribution < 1.29 is 0 Å². The molecule has 1 aliphatic carbocycles. The van der Waals surface area contributed by atoms with Crippen LogP contribution >= 0.6 is 11.8 Å². The minimum Gasteiger partial charge on any atom is -0.383 e. The number of nitrogen functional groups attached to an aromatic ring is 1. The molecule has 0 bridgehead atoms. The fraction of sp³-hybridized carbons (Fsp3) is 0.273. The maximum atomic E-state index is 13.2. The van der Waals surface area contributed by atoms with E-state index >= 15 is 0 Å². The van der Waals surface area contributed by atoms with E-state index in [1.807, 2.05) is 53.1 Å². The zero-order chi connectivity index (χ0) is 19.8. The lowest BCUT2D eigenvalue weighted by molar-refractivity contribution is 0.457. The summed E-state index contributed by atoms with van der Waals surface area (Å²) < 4.78 is 1.89. The number of para-hydroxylation sites is 2. The van der Waals surface area contributed by atoms with Crippen LogP contribution in [-0.2, 0) is 5.75 Å². The van der Waals surface area contributed by atoms with Gasteiger partial charge in [0.05, 0.1) is 22.2 Å². The zero-order valence-electron chi connectivity index (χ0n) is 15.9. The van der Waals surface area contributed by atoms with E-state index in [0.29, 0.717) is 22.8 Å². The van der Waals surface area contributed by atoms with Crippen LogP contribution in [0.15, 0.2) is 58.5 Å². The van der Waals surface area contributed by atoms with Crippen LogP contribution in [0.4, 0.5) is 5.82 Å². The molecule has 1 saturated carbocycles. The Morgan fingerprint density at radius 2 is 1.59 bits per heavy atom. The second-order valence-corrected chi connectivity index (χ2v) is 8.30. The third kappa shape index (κ3) is 3.35. The summed E-state index contributed by atoms with van der Waals surface area (Å²) in [7, 11) is 0. The van der Waals surface area contributed by atoms with E-state index in [2.05, 4.69) is 9.97 Å². The van der Waals surface area contributed by atoms with Crippen molar-refractivity contribution in [3.63, 3.8) is 0 Å². The average molecular weight is 404 g/mol. The minimum atomic E-state index is 0.0453. The smallest absolute Gasteiger partial charge is 0.262 e. The molecule has 4 aromatic rings.